The lowest BCUT2D eigenvalue weighted by Gasteiger charge is -2.26. The first-order valence-corrected chi connectivity index (χ1v) is 12.7. The van der Waals surface area contributed by atoms with Crippen LogP contribution in [0.25, 0.3) is 11.4 Å². The molecule has 0 bridgehead atoms. The molecule has 1 aromatic carbocycles. The van der Waals surface area contributed by atoms with Gasteiger partial charge < -0.3 is 19.5 Å². The summed E-state index contributed by atoms with van der Waals surface area (Å²) in [6.45, 7) is 6.24. The first-order valence-electron chi connectivity index (χ1n) is 12.7. The average molecular weight is 516 g/mol. The summed E-state index contributed by atoms with van der Waals surface area (Å²) in [6, 6.07) is 13.4. The second kappa shape index (κ2) is 11.5. The molecule has 3 aromatic heterocycles. The highest BCUT2D eigenvalue weighted by Gasteiger charge is 2.24. The summed E-state index contributed by atoms with van der Waals surface area (Å²) in [5.41, 5.74) is 2.76. The number of aromatic nitrogens is 5. The molecule has 0 spiro atoms. The molecule has 1 aliphatic rings. The lowest BCUT2D eigenvalue weighted by atomic mass is 10.1. The first kappa shape index (κ1) is 25.5. The van der Waals surface area contributed by atoms with Crippen molar-refractivity contribution in [3.63, 3.8) is 0 Å². The highest BCUT2D eigenvalue weighted by Crippen LogP contribution is 2.31. The number of nitrogens with one attached hydrogen (secondary N) is 1. The smallest absolute Gasteiger partial charge is 0.272 e. The van der Waals surface area contributed by atoms with Crippen molar-refractivity contribution in [1.82, 2.24) is 29.4 Å². The van der Waals surface area contributed by atoms with Gasteiger partial charge >= 0.3 is 0 Å². The fraction of sp³-hybridized carbons (Fsp3) is 0.321. The standard InChI is InChI=1S/C28H30FN7O2/c1-3-35(18-20-7-5-4-6-8-20)27(37)24-10-9-21(15-31-24)33-28-32-16-23(29)26(34-28)25-17-30-19(2)36(25)22-11-13-38-14-12-22/h4-10,15-17,22H,3,11-14,18H2,1-2H3,(H,32,33,34). The molecule has 1 aliphatic heterocycles. The van der Waals surface area contributed by atoms with Crippen molar-refractivity contribution in [3.8, 4) is 11.4 Å². The molecule has 1 amide bonds. The van der Waals surface area contributed by atoms with E-state index in [4.69, 9.17) is 4.74 Å². The molecule has 5 rings (SSSR count). The van der Waals surface area contributed by atoms with Gasteiger partial charge in [-0.05, 0) is 44.4 Å². The third-order valence-corrected chi connectivity index (χ3v) is 6.65. The number of amides is 1. The Bertz CT molecular complexity index is 1390. The summed E-state index contributed by atoms with van der Waals surface area (Å²) in [5.74, 6) is 0.344. The number of ether oxygens (including phenoxy) is 1. The van der Waals surface area contributed by atoms with Crippen LogP contribution in [0.3, 0.4) is 0 Å². The van der Waals surface area contributed by atoms with E-state index in [-0.39, 0.29) is 23.6 Å². The molecule has 10 heteroatoms. The Morgan fingerprint density at radius 2 is 1.87 bits per heavy atom. The third kappa shape index (κ3) is 5.55. The van der Waals surface area contributed by atoms with Crippen LogP contribution in [0.2, 0.25) is 0 Å². The molecule has 1 saturated heterocycles. The van der Waals surface area contributed by atoms with Crippen LogP contribution in [0, 0.1) is 12.7 Å². The number of imidazole rings is 1. The third-order valence-electron chi connectivity index (χ3n) is 6.65. The maximum atomic E-state index is 14.9. The topological polar surface area (TPSA) is 98.1 Å². The predicted octanol–water partition coefficient (Wildman–Crippen LogP) is 4.94. The Balaban J connectivity index is 1.32. The normalized spacial score (nSPS) is 13.9. The number of carbonyl (C=O) groups is 1. The van der Waals surface area contributed by atoms with Gasteiger partial charge in [-0.3, -0.25) is 4.79 Å². The van der Waals surface area contributed by atoms with Crippen molar-refractivity contribution in [3.05, 3.63) is 84.0 Å². The number of anilines is 2. The lowest BCUT2D eigenvalue weighted by molar-refractivity contribution is 0.0694. The van der Waals surface area contributed by atoms with Gasteiger partial charge in [0.15, 0.2) is 5.82 Å². The van der Waals surface area contributed by atoms with Crippen molar-refractivity contribution >= 4 is 17.5 Å². The van der Waals surface area contributed by atoms with Gasteiger partial charge in [0.05, 0.1) is 30.0 Å². The maximum Gasteiger partial charge on any atom is 0.272 e. The van der Waals surface area contributed by atoms with Crippen LogP contribution in [0.4, 0.5) is 16.0 Å². The summed E-state index contributed by atoms with van der Waals surface area (Å²) >= 11 is 0. The molecule has 0 radical (unpaired) electrons. The van der Waals surface area contributed by atoms with E-state index in [1.54, 1.807) is 29.4 Å². The average Bonchev–Trinajstić information content (AvgIpc) is 3.34. The fourth-order valence-corrected chi connectivity index (χ4v) is 4.66. The number of hydrogen-bond acceptors (Lipinski definition) is 7. The van der Waals surface area contributed by atoms with E-state index >= 15 is 0 Å². The Morgan fingerprint density at radius 3 is 2.58 bits per heavy atom. The Kier molecular flexibility index (Phi) is 7.69. The van der Waals surface area contributed by atoms with Gasteiger partial charge in [-0.2, -0.15) is 0 Å². The van der Waals surface area contributed by atoms with Crippen LogP contribution in [0.5, 0.6) is 0 Å². The van der Waals surface area contributed by atoms with E-state index in [1.807, 2.05) is 48.7 Å². The van der Waals surface area contributed by atoms with Gasteiger partial charge in [-0.1, -0.05) is 30.3 Å². The summed E-state index contributed by atoms with van der Waals surface area (Å²) < 4.78 is 22.4. The first-order chi connectivity index (χ1) is 18.5. The van der Waals surface area contributed by atoms with E-state index in [0.29, 0.717) is 43.4 Å². The molecule has 0 saturated carbocycles. The molecule has 1 N–H and O–H groups in total. The maximum absolute atomic E-state index is 14.9. The minimum atomic E-state index is -0.527. The summed E-state index contributed by atoms with van der Waals surface area (Å²) in [6.07, 6.45) is 6.01. The van der Waals surface area contributed by atoms with Gasteiger partial charge in [0.2, 0.25) is 5.95 Å². The summed E-state index contributed by atoms with van der Waals surface area (Å²) in [4.78, 5) is 32.1. The molecule has 0 aliphatic carbocycles. The van der Waals surface area contributed by atoms with Gasteiger partial charge in [0.25, 0.3) is 5.91 Å². The quantitative estimate of drug-likeness (QED) is 0.355. The van der Waals surface area contributed by atoms with Crippen LogP contribution < -0.4 is 5.32 Å². The lowest BCUT2D eigenvalue weighted by Crippen LogP contribution is -2.30. The van der Waals surface area contributed by atoms with Crippen molar-refractivity contribution in [2.45, 2.75) is 39.3 Å². The number of hydrogen-bond donors (Lipinski definition) is 1. The minimum absolute atomic E-state index is 0.153. The molecule has 1 fully saturated rings. The zero-order valence-electron chi connectivity index (χ0n) is 21.5. The van der Waals surface area contributed by atoms with Gasteiger partial charge in [-0.15, -0.1) is 0 Å². The monoisotopic (exact) mass is 515 g/mol. The van der Waals surface area contributed by atoms with Crippen molar-refractivity contribution < 1.29 is 13.9 Å². The molecular formula is C28H30FN7O2. The van der Waals surface area contributed by atoms with Crippen LogP contribution in [0.15, 0.2) is 61.1 Å². The predicted molar refractivity (Wildman–Crippen MR) is 141 cm³/mol. The van der Waals surface area contributed by atoms with Crippen LogP contribution >= 0.6 is 0 Å². The zero-order chi connectivity index (χ0) is 26.5. The molecule has 4 heterocycles. The largest absolute Gasteiger partial charge is 0.381 e. The van der Waals surface area contributed by atoms with Crippen molar-refractivity contribution in [1.29, 1.82) is 0 Å². The van der Waals surface area contributed by atoms with E-state index in [1.165, 1.54) is 0 Å². The molecular weight excluding hydrogens is 485 g/mol. The number of nitrogens with zero attached hydrogens (tertiary/aromatic N) is 6. The Hall–Kier alpha value is -4.18. The molecule has 0 unspecified atom stereocenters. The zero-order valence-corrected chi connectivity index (χ0v) is 21.5. The highest BCUT2D eigenvalue weighted by molar-refractivity contribution is 5.92. The number of aryl methyl sites for hydroxylation is 1. The van der Waals surface area contributed by atoms with E-state index in [0.717, 1.165) is 30.4 Å². The molecule has 0 atom stereocenters. The van der Waals surface area contributed by atoms with Crippen molar-refractivity contribution in [2.75, 3.05) is 25.1 Å². The minimum Gasteiger partial charge on any atom is -0.381 e. The van der Waals surface area contributed by atoms with Gasteiger partial charge in [0.1, 0.15) is 17.2 Å². The Labute approximate surface area is 220 Å². The van der Waals surface area contributed by atoms with E-state index < -0.39 is 5.82 Å². The Morgan fingerprint density at radius 1 is 1.08 bits per heavy atom. The number of pyridine rings is 1. The number of carbonyl (C=O) groups excluding carboxylic acids is 1. The van der Waals surface area contributed by atoms with Crippen LogP contribution in [-0.2, 0) is 11.3 Å². The van der Waals surface area contributed by atoms with Crippen molar-refractivity contribution in [2.24, 2.45) is 0 Å². The second-order valence-electron chi connectivity index (χ2n) is 9.16. The molecule has 4 aromatic rings. The van der Waals surface area contributed by atoms with Crippen LogP contribution in [-0.4, -0.2) is 55.1 Å². The van der Waals surface area contributed by atoms with Gasteiger partial charge in [-0.25, -0.2) is 24.3 Å². The summed E-state index contributed by atoms with van der Waals surface area (Å²) in [5, 5.41) is 3.07. The molecule has 196 valence electrons. The summed E-state index contributed by atoms with van der Waals surface area (Å²) in [7, 11) is 0. The SMILES string of the molecule is CCN(Cc1ccccc1)C(=O)c1ccc(Nc2ncc(F)c(-c3cnc(C)n3C3CCOCC3)n2)cn1. The molecule has 9 nitrogen and oxygen atoms in total. The second-order valence-corrected chi connectivity index (χ2v) is 9.16. The van der Waals surface area contributed by atoms with Crippen LogP contribution in [0.1, 0.15) is 47.7 Å². The number of halogens is 1. The molecule has 38 heavy (non-hydrogen) atoms. The fourth-order valence-electron chi connectivity index (χ4n) is 4.66. The number of benzene rings is 1. The van der Waals surface area contributed by atoms with E-state index in [9.17, 15) is 9.18 Å². The van der Waals surface area contributed by atoms with Gasteiger partial charge in [0, 0.05) is 32.3 Å². The van der Waals surface area contributed by atoms with E-state index in [2.05, 4.69) is 25.3 Å². The number of rotatable bonds is 8. The highest BCUT2D eigenvalue weighted by atomic mass is 19.1.